The predicted molar refractivity (Wildman–Crippen MR) is 90.3 cm³/mol. The number of hydrogen-bond acceptors (Lipinski definition) is 4. The van der Waals surface area contributed by atoms with Gasteiger partial charge in [0, 0.05) is 26.6 Å². The van der Waals surface area contributed by atoms with E-state index in [0.717, 1.165) is 0 Å². The summed E-state index contributed by atoms with van der Waals surface area (Å²) in [6.07, 6.45) is 1.51. The molecule has 1 aromatic rings. The smallest absolute Gasteiger partial charge is 0.326 e. The lowest BCUT2D eigenvalue weighted by Crippen LogP contribution is -2.44. The number of nitrogens with zero attached hydrogens (tertiary/aromatic N) is 2. The number of carbonyl (C=O) groups is 2. The third kappa shape index (κ3) is 3.28. The van der Waals surface area contributed by atoms with Crippen LogP contribution in [0.3, 0.4) is 0 Å². The fourth-order valence-corrected chi connectivity index (χ4v) is 5.38. The Hall–Kier alpha value is -1.93. The zero-order chi connectivity index (χ0) is 18.2. The Bertz CT molecular complexity index is 745. The van der Waals surface area contributed by atoms with E-state index < -0.39 is 22.0 Å². The number of hydrogen-bond donors (Lipinski definition) is 1. The molecule has 136 valence electrons. The normalized spacial score (nSPS) is 23.7. The largest absolute Gasteiger partial charge is 0.480 e. The van der Waals surface area contributed by atoms with Crippen molar-refractivity contribution in [2.75, 3.05) is 19.6 Å². The zero-order valence-electron chi connectivity index (χ0n) is 14.1. The summed E-state index contributed by atoms with van der Waals surface area (Å²) in [6.45, 7) is 2.45. The van der Waals surface area contributed by atoms with Crippen LogP contribution in [0.5, 0.6) is 0 Å². The summed E-state index contributed by atoms with van der Waals surface area (Å²) < 4.78 is 26.9. The van der Waals surface area contributed by atoms with Crippen LogP contribution in [0.4, 0.5) is 0 Å². The summed E-state index contributed by atoms with van der Waals surface area (Å²) in [5.41, 5.74) is -0.308. The monoisotopic (exact) mass is 366 g/mol. The van der Waals surface area contributed by atoms with E-state index in [1.54, 1.807) is 30.3 Å². The highest BCUT2D eigenvalue weighted by atomic mass is 32.2. The third-order valence-electron chi connectivity index (χ3n) is 5.36. The third-order valence-corrected chi connectivity index (χ3v) is 7.27. The van der Waals surface area contributed by atoms with Crippen molar-refractivity contribution in [1.29, 1.82) is 0 Å². The molecule has 0 aromatic heterocycles. The molecule has 2 aliphatic rings. The van der Waals surface area contributed by atoms with Gasteiger partial charge in [-0.1, -0.05) is 18.2 Å². The predicted octanol–water partition coefficient (Wildman–Crippen LogP) is 1.16. The maximum atomic E-state index is 12.7. The van der Waals surface area contributed by atoms with Gasteiger partial charge in [-0.2, -0.15) is 4.31 Å². The number of amides is 1. The number of carbonyl (C=O) groups excluding carboxylic acids is 1. The first-order valence-electron chi connectivity index (χ1n) is 8.30. The quantitative estimate of drug-likeness (QED) is 0.866. The Morgan fingerprint density at radius 1 is 1.16 bits per heavy atom. The topological polar surface area (TPSA) is 95.0 Å². The molecule has 1 spiro atoms. The van der Waals surface area contributed by atoms with Crippen LogP contribution in [-0.4, -0.2) is 60.3 Å². The fourth-order valence-electron chi connectivity index (χ4n) is 3.91. The van der Waals surface area contributed by atoms with Crippen molar-refractivity contribution in [3.8, 4) is 0 Å². The lowest BCUT2D eigenvalue weighted by molar-refractivity contribution is -0.147. The molecule has 1 atom stereocenters. The number of sulfonamides is 1. The Morgan fingerprint density at radius 3 is 2.24 bits per heavy atom. The molecule has 2 heterocycles. The van der Waals surface area contributed by atoms with Gasteiger partial charge in [-0.05, 0) is 36.8 Å². The molecular formula is C17H22N2O5S. The Balaban J connectivity index is 1.74. The minimum atomic E-state index is -3.53. The molecule has 1 aromatic carbocycles. The van der Waals surface area contributed by atoms with Crippen LogP contribution < -0.4 is 0 Å². The van der Waals surface area contributed by atoms with Gasteiger partial charge in [-0.15, -0.1) is 0 Å². The molecule has 0 radical (unpaired) electrons. The van der Waals surface area contributed by atoms with Gasteiger partial charge in [-0.3, -0.25) is 4.79 Å². The molecular weight excluding hydrogens is 344 g/mol. The molecule has 1 unspecified atom stereocenters. The van der Waals surface area contributed by atoms with Crippen molar-refractivity contribution in [2.45, 2.75) is 37.1 Å². The first-order chi connectivity index (χ1) is 11.8. The molecule has 0 saturated carbocycles. The lowest BCUT2D eigenvalue weighted by atomic mass is 9.77. The van der Waals surface area contributed by atoms with Crippen molar-refractivity contribution >= 4 is 21.9 Å². The van der Waals surface area contributed by atoms with E-state index >= 15 is 0 Å². The van der Waals surface area contributed by atoms with Crippen molar-refractivity contribution in [2.24, 2.45) is 5.41 Å². The van der Waals surface area contributed by atoms with Crippen LogP contribution >= 0.6 is 0 Å². The molecule has 0 aliphatic carbocycles. The summed E-state index contributed by atoms with van der Waals surface area (Å²) in [7, 11) is -3.53. The molecule has 3 rings (SSSR count). The van der Waals surface area contributed by atoms with Gasteiger partial charge in [0.15, 0.2) is 0 Å². The van der Waals surface area contributed by atoms with Gasteiger partial charge >= 0.3 is 5.97 Å². The van der Waals surface area contributed by atoms with Gasteiger partial charge in [0.1, 0.15) is 6.04 Å². The number of carboxylic acid groups (broad SMARTS) is 1. The molecule has 0 bridgehead atoms. The molecule has 25 heavy (non-hydrogen) atoms. The average Bonchev–Trinajstić information content (AvgIpc) is 2.96. The van der Waals surface area contributed by atoms with Crippen LogP contribution in [0, 0.1) is 5.41 Å². The van der Waals surface area contributed by atoms with E-state index in [2.05, 4.69) is 0 Å². The standard InChI is InChI=1S/C17H22N2O5S/c1-13(20)19-12-17(11-15(19)16(21)22)7-9-18(10-8-17)25(23,24)14-5-3-2-4-6-14/h2-6,15H,7-12H2,1H3,(H,21,22). The second-order valence-corrected chi connectivity index (χ2v) is 8.86. The Labute approximate surface area is 147 Å². The maximum absolute atomic E-state index is 12.7. The molecule has 2 aliphatic heterocycles. The first kappa shape index (κ1) is 17.9. The van der Waals surface area contributed by atoms with E-state index in [1.807, 2.05) is 0 Å². The summed E-state index contributed by atoms with van der Waals surface area (Å²) in [5, 5.41) is 9.38. The van der Waals surface area contributed by atoms with Crippen LogP contribution in [0.2, 0.25) is 0 Å². The highest BCUT2D eigenvalue weighted by molar-refractivity contribution is 7.89. The van der Waals surface area contributed by atoms with Gasteiger partial charge in [-0.25, -0.2) is 13.2 Å². The molecule has 8 heteroatoms. The van der Waals surface area contributed by atoms with E-state index in [1.165, 1.54) is 16.1 Å². The number of likely N-dealkylation sites (tertiary alicyclic amines) is 1. The zero-order valence-corrected chi connectivity index (χ0v) is 14.9. The number of benzene rings is 1. The average molecular weight is 366 g/mol. The summed E-state index contributed by atoms with van der Waals surface area (Å²) in [6, 6.07) is 7.50. The number of aliphatic carboxylic acids is 1. The molecule has 2 saturated heterocycles. The van der Waals surface area contributed by atoms with Gasteiger partial charge in [0.25, 0.3) is 0 Å². The minimum absolute atomic E-state index is 0.247. The Kier molecular flexibility index (Phi) is 4.59. The summed E-state index contributed by atoms with van der Waals surface area (Å²) in [5.74, 6) is -1.24. The number of piperidine rings is 1. The van der Waals surface area contributed by atoms with Crippen LogP contribution in [0.25, 0.3) is 0 Å². The van der Waals surface area contributed by atoms with Gasteiger partial charge < -0.3 is 10.0 Å². The molecule has 2 fully saturated rings. The van der Waals surface area contributed by atoms with Crippen molar-refractivity contribution in [3.05, 3.63) is 30.3 Å². The summed E-state index contributed by atoms with van der Waals surface area (Å²) in [4.78, 5) is 24.9. The summed E-state index contributed by atoms with van der Waals surface area (Å²) >= 11 is 0. The van der Waals surface area contributed by atoms with Crippen molar-refractivity contribution in [1.82, 2.24) is 9.21 Å². The Morgan fingerprint density at radius 2 is 1.76 bits per heavy atom. The van der Waals surface area contributed by atoms with Crippen molar-refractivity contribution in [3.63, 3.8) is 0 Å². The van der Waals surface area contributed by atoms with Crippen molar-refractivity contribution < 1.29 is 23.1 Å². The fraction of sp³-hybridized carbons (Fsp3) is 0.529. The highest BCUT2D eigenvalue weighted by Crippen LogP contribution is 2.44. The first-order valence-corrected chi connectivity index (χ1v) is 9.74. The second-order valence-electron chi connectivity index (χ2n) is 6.92. The lowest BCUT2D eigenvalue weighted by Gasteiger charge is -2.38. The number of rotatable bonds is 3. The van der Waals surface area contributed by atoms with Gasteiger partial charge in [0.05, 0.1) is 4.90 Å². The van der Waals surface area contributed by atoms with Gasteiger partial charge in [0.2, 0.25) is 15.9 Å². The molecule has 1 N–H and O–H groups in total. The number of carboxylic acids is 1. The SMILES string of the molecule is CC(=O)N1CC2(CCN(S(=O)(=O)c3ccccc3)CC2)CC1C(=O)O. The van der Waals surface area contributed by atoms with E-state index in [9.17, 15) is 23.1 Å². The van der Waals surface area contributed by atoms with Crippen LogP contribution in [0.15, 0.2) is 35.2 Å². The van der Waals surface area contributed by atoms with E-state index in [0.29, 0.717) is 38.9 Å². The van der Waals surface area contributed by atoms with E-state index in [4.69, 9.17) is 0 Å². The minimum Gasteiger partial charge on any atom is -0.480 e. The highest BCUT2D eigenvalue weighted by Gasteiger charge is 2.50. The molecule has 7 nitrogen and oxygen atoms in total. The molecule has 1 amide bonds. The second kappa shape index (κ2) is 6.42. The maximum Gasteiger partial charge on any atom is 0.326 e. The van der Waals surface area contributed by atoms with Crippen LogP contribution in [-0.2, 0) is 19.6 Å². The van der Waals surface area contributed by atoms with Crippen LogP contribution in [0.1, 0.15) is 26.2 Å². The van der Waals surface area contributed by atoms with E-state index in [-0.39, 0.29) is 16.2 Å².